The molecule has 0 aliphatic rings. The monoisotopic (exact) mass is 303 g/mol. The molecule has 7 heteroatoms. The van der Waals surface area contributed by atoms with Crippen LogP contribution in [0.4, 0.5) is 8.78 Å². The van der Waals surface area contributed by atoms with Gasteiger partial charge in [0.1, 0.15) is 0 Å². The topological polar surface area (TPSA) is 47.0 Å². The molecule has 0 amide bonds. The number of aromatic nitrogens is 1. The summed E-state index contributed by atoms with van der Waals surface area (Å²) in [5.41, 5.74) is -0.419. The molecule has 19 heavy (non-hydrogen) atoms. The molecule has 1 heterocycles. The Morgan fingerprint density at radius 3 is 2.32 bits per heavy atom. The van der Waals surface area contributed by atoms with Gasteiger partial charge in [0.25, 0.3) is 6.43 Å². The van der Waals surface area contributed by atoms with Gasteiger partial charge in [-0.15, -0.1) is 0 Å². The molecule has 0 atom stereocenters. The van der Waals surface area contributed by atoms with Gasteiger partial charge in [0.05, 0.1) is 9.92 Å². The third-order valence-electron chi connectivity index (χ3n) is 2.39. The molecule has 0 saturated heterocycles. The molecular weight excluding hydrogens is 296 g/mol. The second-order valence-corrected chi connectivity index (χ2v) is 5.94. The Morgan fingerprint density at radius 2 is 1.79 bits per heavy atom. The van der Waals surface area contributed by atoms with Gasteiger partial charge in [-0.3, -0.25) is 0 Å². The summed E-state index contributed by atoms with van der Waals surface area (Å²) in [5, 5.41) is -0.744. The lowest BCUT2D eigenvalue weighted by Crippen LogP contribution is -2.06. The van der Waals surface area contributed by atoms with E-state index >= 15 is 0 Å². The number of nitrogens with zero attached hydrogens (tertiary/aromatic N) is 1. The zero-order valence-electron chi connectivity index (χ0n) is 9.42. The molecule has 100 valence electrons. The van der Waals surface area contributed by atoms with Crippen molar-refractivity contribution in [1.82, 2.24) is 4.98 Å². The van der Waals surface area contributed by atoms with Crippen molar-refractivity contribution < 1.29 is 17.2 Å². The Morgan fingerprint density at radius 1 is 1.16 bits per heavy atom. The molecule has 0 N–H and O–H groups in total. The Hall–Kier alpha value is -1.53. The average Bonchev–Trinajstić information content (AvgIpc) is 2.39. The van der Waals surface area contributed by atoms with Crippen molar-refractivity contribution in [2.75, 3.05) is 0 Å². The number of hydrogen-bond acceptors (Lipinski definition) is 3. The van der Waals surface area contributed by atoms with E-state index < -0.39 is 26.9 Å². The van der Waals surface area contributed by atoms with Crippen LogP contribution in [0.2, 0.25) is 5.02 Å². The minimum Gasteiger partial charge on any atom is -0.242 e. The number of pyridine rings is 1. The maximum Gasteiger partial charge on any atom is 0.265 e. The first-order valence-corrected chi connectivity index (χ1v) is 7.03. The van der Waals surface area contributed by atoms with Gasteiger partial charge in [-0.2, -0.15) is 0 Å². The van der Waals surface area contributed by atoms with Crippen LogP contribution >= 0.6 is 11.6 Å². The maximum atomic E-state index is 12.5. The van der Waals surface area contributed by atoms with E-state index in [0.717, 1.165) is 12.3 Å². The Labute approximate surface area is 113 Å². The van der Waals surface area contributed by atoms with Crippen molar-refractivity contribution in [3.63, 3.8) is 0 Å². The lowest BCUT2D eigenvalue weighted by atomic mass is 10.3. The predicted molar refractivity (Wildman–Crippen MR) is 66.1 cm³/mol. The first kappa shape index (κ1) is 13.9. The van der Waals surface area contributed by atoms with Crippen LogP contribution in [-0.2, 0) is 9.84 Å². The van der Waals surface area contributed by atoms with Gasteiger partial charge in [0.2, 0.25) is 9.84 Å². The normalized spacial score (nSPS) is 11.8. The molecule has 2 aromatic rings. The van der Waals surface area contributed by atoms with E-state index in [0.29, 0.717) is 0 Å². The van der Waals surface area contributed by atoms with E-state index in [1.54, 1.807) is 18.2 Å². The van der Waals surface area contributed by atoms with Gasteiger partial charge in [-0.1, -0.05) is 29.8 Å². The van der Waals surface area contributed by atoms with E-state index in [9.17, 15) is 17.2 Å². The summed E-state index contributed by atoms with van der Waals surface area (Å²) in [7, 11) is -3.90. The van der Waals surface area contributed by atoms with Crippen LogP contribution in [0.25, 0.3) is 0 Å². The molecule has 0 saturated carbocycles. The maximum absolute atomic E-state index is 12.5. The minimum absolute atomic E-state index is 0.00852. The standard InChI is InChI=1S/C12H8ClF2NO2S/c13-10-6-8(11(14)15)7-16-12(10)19(17,18)9-4-2-1-3-5-9/h1-7,11H. The van der Waals surface area contributed by atoms with Crippen molar-refractivity contribution in [2.24, 2.45) is 0 Å². The van der Waals surface area contributed by atoms with Crippen molar-refractivity contribution in [2.45, 2.75) is 16.3 Å². The number of benzene rings is 1. The molecule has 0 unspecified atom stereocenters. The largest absolute Gasteiger partial charge is 0.265 e. The van der Waals surface area contributed by atoms with E-state index in [-0.39, 0.29) is 9.92 Å². The smallest absolute Gasteiger partial charge is 0.242 e. The van der Waals surface area contributed by atoms with E-state index in [2.05, 4.69) is 4.98 Å². The first-order chi connectivity index (χ1) is 8.93. The molecular formula is C12H8ClF2NO2S. The number of hydrogen-bond donors (Lipinski definition) is 0. The summed E-state index contributed by atoms with van der Waals surface area (Å²) in [6, 6.07) is 8.44. The van der Waals surface area contributed by atoms with Crippen LogP contribution in [0, 0.1) is 0 Å². The second-order valence-electron chi connectivity index (χ2n) is 3.67. The molecule has 0 fully saturated rings. The fourth-order valence-corrected chi connectivity index (χ4v) is 3.19. The van der Waals surface area contributed by atoms with Crippen molar-refractivity contribution in [1.29, 1.82) is 0 Å². The molecule has 0 bridgehead atoms. The SMILES string of the molecule is O=S(=O)(c1ccccc1)c1ncc(C(F)F)cc1Cl. The van der Waals surface area contributed by atoms with Crippen molar-refractivity contribution >= 4 is 21.4 Å². The summed E-state index contributed by atoms with van der Waals surface area (Å²) < 4.78 is 49.3. The molecule has 0 aliphatic carbocycles. The third-order valence-corrected chi connectivity index (χ3v) is 4.52. The molecule has 0 aliphatic heterocycles. The summed E-state index contributed by atoms with van der Waals surface area (Å²) in [6.07, 6.45) is -1.94. The van der Waals surface area contributed by atoms with Crippen molar-refractivity contribution in [3.8, 4) is 0 Å². The van der Waals surface area contributed by atoms with Crippen LogP contribution < -0.4 is 0 Å². The summed E-state index contributed by atoms with van der Waals surface area (Å²) in [4.78, 5) is 3.56. The number of alkyl halides is 2. The van der Waals surface area contributed by atoms with Crippen molar-refractivity contribution in [3.05, 3.63) is 53.2 Å². The summed E-state index contributed by atoms with van der Waals surface area (Å²) >= 11 is 5.73. The Bertz CT molecular complexity index is 690. The van der Waals surface area contributed by atoms with Gasteiger partial charge >= 0.3 is 0 Å². The van der Waals surface area contributed by atoms with Crippen LogP contribution in [0.5, 0.6) is 0 Å². The predicted octanol–water partition coefficient (Wildman–Crippen LogP) is 3.51. The van der Waals surface area contributed by atoms with Gasteiger partial charge < -0.3 is 0 Å². The van der Waals surface area contributed by atoms with Gasteiger partial charge in [-0.25, -0.2) is 22.2 Å². The highest BCUT2D eigenvalue weighted by Crippen LogP contribution is 2.29. The van der Waals surface area contributed by atoms with Gasteiger partial charge in [0.15, 0.2) is 5.03 Å². The van der Waals surface area contributed by atoms with E-state index in [4.69, 9.17) is 11.6 Å². The highest BCUT2D eigenvalue weighted by Gasteiger charge is 2.23. The number of rotatable bonds is 3. The van der Waals surface area contributed by atoms with Crippen LogP contribution in [-0.4, -0.2) is 13.4 Å². The average molecular weight is 304 g/mol. The minimum atomic E-state index is -3.90. The number of halogens is 3. The zero-order valence-corrected chi connectivity index (χ0v) is 11.0. The summed E-state index contributed by atoms with van der Waals surface area (Å²) in [5.74, 6) is 0. The highest BCUT2D eigenvalue weighted by molar-refractivity contribution is 7.91. The fraction of sp³-hybridized carbons (Fsp3) is 0.0833. The Kier molecular flexibility index (Phi) is 3.82. The highest BCUT2D eigenvalue weighted by atomic mass is 35.5. The quantitative estimate of drug-likeness (QED) is 0.872. The molecule has 3 nitrogen and oxygen atoms in total. The lowest BCUT2D eigenvalue weighted by Gasteiger charge is -2.07. The third kappa shape index (κ3) is 2.74. The fourth-order valence-electron chi connectivity index (χ4n) is 1.47. The van der Waals surface area contributed by atoms with E-state index in [1.807, 2.05) is 0 Å². The molecule has 2 rings (SSSR count). The zero-order chi connectivity index (χ0) is 14.0. The van der Waals surface area contributed by atoms with Crippen LogP contribution in [0.1, 0.15) is 12.0 Å². The van der Waals surface area contributed by atoms with Gasteiger partial charge in [-0.05, 0) is 18.2 Å². The molecule has 1 aromatic carbocycles. The number of sulfone groups is 1. The second kappa shape index (κ2) is 5.22. The van der Waals surface area contributed by atoms with Gasteiger partial charge in [0, 0.05) is 11.8 Å². The summed E-state index contributed by atoms with van der Waals surface area (Å²) in [6.45, 7) is 0. The molecule has 1 aromatic heterocycles. The molecule has 0 radical (unpaired) electrons. The first-order valence-electron chi connectivity index (χ1n) is 5.16. The lowest BCUT2D eigenvalue weighted by molar-refractivity contribution is 0.151. The van der Waals surface area contributed by atoms with Crippen LogP contribution in [0.15, 0.2) is 52.5 Å². The van der Waals surface area contributed by atoms with Crippen LogP contribution in [0.3, 0.4) is 0 Å². The van der Waals surface area contributed by atoms with E-state index in [1.165, 1.54) is 12.1 Å². The Balaban J connectivity index is 2.54. The molecule has 0 spiro atoms.